The van der Waals surface area contributed by atoms with Crippen molar-refractivity contribution in [1.29, 1.82) is 0 Å². The molecule has 7 nitrogen and oxygen atoms in total. The van der Waals surface area contributed by atoms with Crippen LogP contribution in [0.4, 0.5) is 0 Å². The molecule has 0 bridgehead atoms. The molecule has 0 unspecified atom stereocenters. The van der Waals surface area contributed by atoms with Crippen LogP contribution in [0.3, 0.4) is 0 Å². The van der Waals surface area contributed by atoms with E-state index in [0.29, 0.717) is 29.7 Å². The highest BCUT2D eigenvalue weighted by molar-refractivity contribution is 6.37. The van der Waals surface area contributed by atoms with Crippen molar-refractivity contribution >= 4 is 34.4 Å². The summed E-state index contributed by atoms with van der Waals surface area (Å²) in [7, 11) is 1.55. The standard InChI is InChI=1S/C25H27ClN2O5/c1-13(2)19(24(30)31)15-5-7-16(8-6-15)25(11-33-12-25)28-23(29)22-14(3)20-17(27-22)9-10-18(32-4)21(20)26/h5-10,13,19,27H,11-12H2,1-4H3,(H,28,29)(H,30,31)/t19-/m1/s1. The third-order valence-corrected chi connectivity index (χ3v) is 6.74. The lowest BCUT2D eigenvalue weighted by Crippen LogP contribution is -2.59. The molecule has 1 fully saturated rings. The van der Waals surface area contributed by atoms with Crippen molar-refractivity contribution in [2.75, 3.05) is 20.3 Å². The monoisotopic (exact) mass is 470 g/mol. The number of carboxylic acids is 1. The smallest absolute Gasteiger partial charge is 0.311 e. The number of benzene rings is 2. The summed E-state index contributed by atoms with van der Waals surface area (Å²) >= 11 is 6.48. The Balaban J connectivity index is 1.63. The van der Waals surface area contributed by atoms with E-state index >= 15 is 0 Å². The number of carbonyl (C=O) groups excluding carboxylic acids is 1. The van der Waals surface area contributed by atoms with Crippen molar-refractivity contribution in [1.82, 2.24) is 10.3 Å². The van der Waals surface area contributed by atoms with Gasteiger partial charge in [-0.2, -0.15) is 0 Å². The summed E-state index contributed by atoms with van der Waals surface area (Å²) in [5.74, 6) is -1.19. The predicted octanol–water partition coefficient (Wildman–Crippen LogP) is 4.62. The molecule has 1 atom stereocenters. The zero-order valence-electron chi connectivity index (χ0n) is 19.0. The number of hydrogen-bond donors (Lipinski definition) is 3. The molecule has 0 radical (unpaired) electrons. The second kappa shape index (κ2) is 8.72. The SMILES string of the molecule is COc1ccc2[nH]c(C(=O)NC3(c4ccc([C@H](C(=O)O)C(C)C)cc4)COC3)c(C)c2c1Cl. The first-order valence-corrected chi connectivity index (χ1v) is 11.1. The summed E-state index contributed by atoms with van der Waals surface area (Å²) < 4.78 is 10.8. The molecular formula is C25H27ClN2O5. The number of ether oxygens (including phenoxy) is 2. The fourth-order valence-electron chi connectivity index (χ4n) is 4.49. The molecule has 0 spiro atoms. The second-order valence-corrected chi connectivity index (χ2v) is 9.22. The van der Waals surface area contributed by atoms with Gasteiger partial charge in [0.25, 0.3) is 5.91 Å². The van der Waals surface area contributed by atoms with E-state index in [1.54, 1.807) is 13.2 Å². The number of fused-ring (bicyclic) bond motifs is 1. The van der Waals surface area contributed by atoms with Crippen LogP contribution >= 0.6 is 11.6 Å². The lowest BCUT2D eigenvalue weighted by molar-refractivity contribution is -0.139. The van der Waals surface area contributed by atoms with Crippen LogP contribution < -0.4 is 10.1 Å². The molecule has 33 heavy (non-hydrogen) atoms. The van der Waals surface area contributed by atoms with E-state index in [1.807, 2.05) is 51.1 Å². The Morgan fingerprint density at radius 1 is 1.18 bits per heavy atom. The van der Waals surface area contributed by atoms with Gasteiger partial charge < -0.3 is 24.9 Å². The van der Waals surface area contributed by atoms with Crippen molar-refractivity contribution in [3.8, 4) is 5.75 Å². The van der Waals surface area contributed by atoms with Crippen LogP contribution in [-0.2, 0) is 15.1 Å². The molecule has 0 aliphatic carbocycles. The molecule has 174 valence electrons. The van der Waals surface area contributed by atoms with Gasteiger partial charge in [-0.25, -0.2) is 0 Å². The van der Waals surface area contributed by atoms with Crippen LogP contribution in [0.5, 0.6) is 5.75 Å². The molecule has 2 heterocycles. The van der Waals surface area contributed by atoms with E-state index in [4.69, 9.17) is 21.1 Å². The number of aromatic nitrogens is 1. The number of carbonyl (C=O) groups is 2. The number of carboxylic acid groups (broad SMARTS) is 1. The van der Waals surface area contributed by atoms with Crippen molar-refractivity contribution in [2.24, 2.45) is 5.92 Å². The maximum absolute atomic E-state index is 13.3. The van der Waals surface area contributed by atoms with Crippen LogP contribution in [0.25, 0.3) is 10.9 Å². The minimum absolute atomic E-state index is 0.0375. The maximum Gasteiger partial charge on any atom is 0.311 e. The minimum Gasteiger partial charge on any atom is -0.495 e. The lowest BCUT2D eigenvalue weighted by atomic mass is 9.84. The Hall–Kier alpha value is -3.03. The fourth-order valence-corrected chi connectivity index (χ4v) is 4.87. The van der Waals surface area contributed by atoms with Crippen LogP contribution in [0.15, 0.2) is 36.4 Å². The number of aliphatic carboxylic acids is 1. The average molecular weight is 471 g/mol. The summed E-state index contributed by atoms with van der Waals surface area (Å²) in [6, 6.07) is 11.0. The molecule has 8 heteroatoms. The first-order valence-electron chi connectivity index (χ1n) is 10.8. The highest BCUT2D eigenvalue weighted by Gasteiger charge is 2.42. The van der Waals surface area contributed by atoms with Gasteiger partial charge in [0, 0.05) is 10.9 Å². The average Bonchev–Trinajstić information content (AvgIpc) is 3.08. The number of rotatable bonds is 7. The molecule has 2 aromatic carbocycles. The van der Waals surface area contributed by atoms with Gasteiger partial charge >= 0.3 is 5.97 Å². The van der Waals surface area contributed by atoms with E-state index in [0.717, 1.165) is 27.6 Å². The van der Waals surface area contributed by atoms with Crippen LogP contribution in [0.1, 0.15) is 46.9 Å². The molecule has 1 aliphatic heterocycles. The van der Waals surface area contributed by atoms with Crippen molar-refractivity contribution in [2.45, 2.75) is 32.2 Å². The molecule has 0 saturated carbocycles. The number of halogens is 1. The molecule has 4 rings (SSSR count). The summed E-state index contributed by atoms with van der Waals surface area (Å²) in [4.78, 5) is 28.1. The highest BCUT2D eigenvalue weighted by Crippen LogP contribution is 2.37. The fraction of sp³-hybridized carbons (Fsp3) is 0.360. The number of H-pyrrole nitrogens is 1. The summed E-state index contributed by atoms with van der Waals surface area (Å²) in [5, 5.41) is 13.9. The Morgan fingerprint density at radius 3 is 2.36 bits per heavy atom. The second-order valence-electron chi connectivity index (χ2n) is 8.84. The van der Waals surface area contributed by atoms with Gasteiger partial charge in [-0.15, -0.1) is 0 Å². The third-order valence-electron chi connectivity index (χ3n) is 6.37. The zero-order valence-corrected chi connectivity index (χ0v) is 19.7. The Kier molecular flexibility index (Phi) is 6.12. The molecule has 1 amide bonds. The van der Waals surface area contributed by atoms with Crippen molar-refractivity contribution < 1.29 is 24.2 Å². The van der Waals surface area contributed by atoms with E-state index < -0.39 is 17.4 Å². The van der Waals surface area contributed by atoms with Gasteiger partial charge in [-0.3, -0.25) is 9.59 Å². The maximum atomic E-state index is 13.3. The number of amides is 1. The quantitative estimate of drug-likeness (QED) is 0.468. The van der Waals surface area contributed by atoms with Crippen LogP contribution in [0, 0.1) is 12.8 Å². The Bertz CT molecular complexity index is 1210. The summed E-state index contributed by atoms with van der Waals surface area (Å²) in [6.45, 7) is 6.28. The Labute approximate surface area is 197 Å². The third kappa shape index (κ3) is 3.96. The normalized spacial score (nSPS) is 15.8. The summed E-state index contributed by atoms with van der Waals surface area (Å²) in [6.07, 6.45) is 0. The lowest BCUT2D eigenvalue weighted by Gasteiger charge is -2.42. The van der Waals surface area contributed by atoms with E-state index in [9.17, 15) is 14.7 Å². The van der Waals surface area contributed by atoms with Crippen LogP contribution in [-0.4, -0.2) is 42.3 Å². The molecule has 1 aliphatic rings. The van der Waals surface area contributed by atoms with Gasteiger partial charge in [0.05, 0.1) is 31.3 Å². The van der Waals surface area contributed by atoms with Gasteiger partial charge in [0.1, 0.15) is 17.0 Å². The van der Waals surface area contributed by atoms with E-state index in [1.165, 1.54) is 0 Å². The van der Waals surface area contributed by atoms with Gasteiger partial charge in [-0.05, 0) is 41.7 Å². The molecule has 1 saturated heterocycles. The molecule has 1 aromatic heterocycles. The largest absolute Gasteiger partial charge is 0.495 e. The van der Waals surface area contributed by atoms with E-state index in [-0.39, 0.29) is 11.8 Å². The first-order chi connectivity index (χ1) is 15.7. The number of methoxy groups -OCH3 is 1. The number of aryl methyl sites for hydroxylation is 1. The number of nitrogens with one attached hydrogen (secondary N) is 2. The van der Waals surface area contributed by atoms with E-state index in [2.05, 4.69) is 10.3 Å². The number of aromatic amines is 1. The van der Waals surface area contributed by atoms with Gasteiger partial charge in [0.15, 0.2) is 0 Å². The summed E-state index contributed by atoms with van der Waals surface area (Å²) in [5.41, 5.74) is 2.83. The topological polar surface area (TPSA) is 101 Å². The zero-order chi connectivity index (χ0) is 23.9. The van der Waals surface area contributed by atoms with Gasteiger partial charge in [0.2, 0.25) is 0 Å². The number of hydrogen-bond acceptors (Lipinski definition) is 4. The first kappa shape index (κ1) is 23.1. The Morgan fingerprint density at radius 2 is 1.85 bits per heavy atom. The molecular weight excluding hydrogens is 444 g/mol. The van der Waals surface area contributed by atoms with Crippen LogP contribution in [0.2, 0.25) is 5.02 Å². The molecule has 3 aromatic rings. The molecule has 3 N–H and O–H groups in total. The van der Waals surface area contributed by atoms with Gasteiger partial charge in [-0.1, -0.05) is 49.7 Å². The highest BCUT2D eigenvalue weighted by atomic mass is 35.5. The minimum atomic E-state index is -0.850. The van der Waals surface area contributed by atoms with Crippen molar-refractivity contribution in [3.05, 3.63) is 63.8 Å². The van der Waals surface area contributed by atoms with Crippen molar-refractivity contribution in [3.63, 3.8) is 0 Å². The predicted molar refractivity (Wildman–Crippen MR) is 126 cm³/mol.